The van der Waals surface area contributed by atoms with Gasteiger partial charge in [0, 0.05) is 19.0 Å². The van der Waals surface area contributed by atoms with Crippen molar-refractivity contribution in [1.82, 2.24) is 20.8 Å². The maximum absolute atomic E-state index is 12.9. The van der Waals surface area contributed by atoms with Crippen LogP contribution in [0.1, 0.15) is 61.5 Å². The van der Waals surface area contributed by atoms with Crippen molar-refractivity contribution in [3.63, 3.8) is 0 Å². The summed E-state index contributed by atoms with van der Waals surface area (Å²) < 4.78 is 38.7. The molecule has 2 fully saturated rings. The number of hydrogen-bond donors (Lipinski definition) is 3. The van der Waals surface area contributed by atoms with E-state index in [0.717, 1.165) is 32.1 Å². The van der Waals surface area contributed by atoms with Crippen LogP contribution in [0.15, 0.2) is 6.20 Å². The number of aromatic amines is 1. The standard InChI is InChI=1S/C17H23F3N4O2/c1-2-12(25)23-14-10(4-7-16(14)5-3-6-16)8-21-15(26)13-11(9-22-24-13)17(18,19)20/h9-10,14H,2-8H2,1H3,(H,21,26)(H,22,24)(H,23,25). The van der Waals surface area contributed by atoms with Gasteiger partial charge in [0.15, 0.2) is 0 Å². The summed E-state index contributed by atoms with van der Waals surface area (Å²) in [5.41, 5.74) is -1.57. The summed E-state index contributed by atoms with van der Waals surface area (Å²) >= 11 is 0. The van der Waals surface area contributed by atoms with Gasteiger partial charge < -0.3 is 10.6 Å². The van der Waals surface area contributed by atoms with Crippen molar-refractivity contribution in [2.75, 3.05) is 6.54 Å². The SMILES string of the molecule is CCC(=O)NC1C(CNC(=O)c2[nH]ncc2C(F)(F)F)CCC12CCC2. The van der Waals surface area contributed by atoms with Crippen LogP contribution in [0.5, 0.6) is 0 Å². The van der Waals surface area contributed by atoms with E-state index < -0.39 is 23.3 Å². The molecular weight excluding hydrogens is 349 g/mol. The van der Waals surface area contributed by atoms with E-state index >= 15 is 0 Å². The molecule has 0 aliphatic heterocycles. The molecule has 2 saturated carbocycles. The number of nitrogens with zero attached hydrogens (tertiary/aromatic N) is 1. The van der Waals surface area contributed by atoms with Crippen molar-refractivity contribution < 1.29 is 22.8 Å². The Bertz CT molecular complexity index is 682. The number of halogens is 3. The van der Waals surface area contributed by atoms with Crippen LogP contribution in [-0.4, -0.2) is 34.6 Å². The number of carbonyl (C=O) groups is 2. The van der Waals surface area contributed by atoms with Gasteiger partial charge in [-0.15, -0.1) is 0 Å². The molecule has 9 heteroatoms. The van der Waals surface area contributed by atoms with E-state index in [2.05, 4.69) is 20.8 Å². The highest BCUT2D eigenvalue weighted by Crippen LogP contribution is 2.55. The van der Waals surface area contributed by atoms with Crippen LogP contribution in [-0.2, 0) is 11.0 Å². The minimum absolute atomic E-state index is 0.0204. The Labute approximate surface area is 149 Å². The Morgan fingerprint density at radius 3 is 2.65 bits per heavy atom. The van der Waals surface area contributed by atoms with E-state index in [1.807, 2.05) is 0 Å². The first-order valence-corrected chi connectivity index (χ1v) is 8.95. The second kappa shape index (κ2) is 6.92. The molecule has 1 aromatic rings. The largest absolute Gasteiger partial charge is 0.420 e. The predicted molar refractivity (Wildman–Crippen MR) is 87.2 cm³/mol. The lowest BCUT2D eigenvalue weighted by Crippen LogP contribution is -2.52. The third-order valence-corrected chi connectivity index (χ3v) is 5.83. The fraction of sp³-hybridized carbons (Fsp3) is 0.706. The number of H-pyrrole nitrogens is 1. The molecule has 0 radical (unpaired) electrons. The van der Waals surface area contributed by atoms with Gasteiger partial charge in [-0.1, -0.05) is 13.3 Å². The van der Waals surface area contributed by atoms with Gasteiger partial charge in [-0.25, -0.2) is 0 Å². The lowest BCUT2D eigenvalue weighted by molar-refractivity contribution is -0.138. The minimum atomic E-state index is -4.64. The summed E-state index contributed by atoms with van der Waals surface area (Å²) in [6.07, 6.45) is 1.38. The first-order chi connectivity index (χ1) is 12.3. The summed E-state index contributed by atoms with van der Waals surface area (Å²) in [6.45, 7) is 2.01. The summed E-state index contributed by atoms with van der Waals surface area (Å²) in [7, 11) is 0. The van der Waals surface area contributed by atoms with Crippen LogP contribution in [0.25, 0.3) is 0 Å². The van der Waals surface area contributed by atoms with Crippen molar-refractivity contribution in [1.29, 1.82) is 0 Å². The quantitative estimate of drug-likeness (QED) is 0.743. The van der Waals surface area contributed by atoms with Crippen molar-refractivity contribution in [3.05, 3.63) is 17.5 Å². The molecule has 2 unspecified atom stereocenters. The van der Waals surface area contributed by atoms with Crippen molar-refractivity contribution in [2.45, 2.75) is 57.7 Å². The van der Waals surface area contributed by atoms with Gasteiger partial charge in [-0.05, 0) is 37.0 Å². The molecule has 0 aromatic carbocycles. The second-order valence-corrected chi connectivity index (χ2v) is 7.28. The lowest BCUT2D eigenvalue weighted by atomic mass is 9.64. The minimum Gasteiger partial charge on any atom is -0.352 e. The molecule has 3 rings (SSSR count). The third-order valence-electron chi connectivity index (χ3n) is 5.83. The average molecular weight is 372 g/mol. The van der Waals surface area contributed by atoms with E-state index in [0.29, 0.717) is 12.6 Å². The molecule has 3 N–H and O–H groups in total. The molecule has 0 saturated heterocycles. The molecule has 1 spiro atoms. The molecule has 1 heterocycles. The Balaban J connectivity index is 1.66. The highest BCUT2D eigenvalue weighted by molar-refractivity contribution is 5.93. The normalized spacial score (nSPS) is 24.3. The van der Waals surface area contributed by atoms with E-state index in [9.17, 15) is 22.8 Å². The number of aromatic nitrogens is 2. The Morgan fingerprint density at radius 1 is 1.35 bits per heavy atom. The van der Waals surface area contributed by atoms with Gasteiger partial charge in [-0.2, -0.15) is 18.3 Å². The van der Waals surface area contributed by atoms with Gasteiger partial charge in [0.1, 0.15) is 11.3 Å². The fourth-order valence-electron chi connectivity index (χ4n) is 4.24. The van der Waals surface area contributed by atoms with Crippen LogP contribution >= 0.6 is 0 Å². The molecule has 1 aromatic heterocycles. The number of rotatable bonds is 5. The first kappa shape index (κ1) is 18.7. The molecule has 2 aliphatic rings. The Morgan fingerprint density at radius 2 is 2.08 bits per heavy atom. The number of amides is 2. The molecule has 0 bridgehead atoms. The third kappa shape index (κ3) is 3.43. The van der Waals surface area contributed by atoms with Crippen LogP contribution in [0, 0.1) is 11.3 Å². The summed E-state index contributed by atoms with van der Waals surface area (Å²) in [6, 6.07) is -0.0344. The van der Waals surface area contributed by atoms with Crippen LogP contribution in [0.4, 0.5) is 13.2 Å². The van der Waals surface area contributed by atoms with Crippen molar-refractivity contribution in [2.24, 2.45) is 11.3 Å². The number of carbonyl (C=O) groups excluding carboxylic acids is 2. The number of alkyl halides is 3. The first-order valence-electron chi connectivity index (χ1n) is 8.95. The molecule has 6 nitrogen and oxygen atoms in total. The highest BCUT2D eigenvalue weighted by atomic mass is 19.4. The van der Waals surface area contributed by atoms with Gasteiger partial charge in [0.05, 0.1) is 6.20 Å². The van der Waals surface area contributed by atoms with Gasteiger partial charge in [-0.3, -0.25) is 14.7 Å². The number of hydrogen-bond acceptors (Lipinski definition) is 3. The summed E-state index contributed by atoms with van der Waals surface area (Å²) in [5.74, 6) is -0.843. The fourth-order valence-corrected chi connectivity index (χ4v) is 4.24. The van der Waals surface area contributed by atoms with Crippen molar-refractivity contribution >= 4 is 11.8 Å². The Hall–Kier alpha value is -2.06. The summed E-state index contributed by atoms with van der Waals surface area (Å²) in [4.78, 5) is 24.1. The van der Waals surface area contributed by atoms with Gasteiger partial charge >= 0.3 is 6.18 Å². The average Bonchev–Trinajstić information content (AvgIpc) is 3.16. The van der Waals surface area contributed by atoms with E-state index in [-0.39, 0.29) is 29.8 Å². The molecule has 2 amide bonds. The maximum atomic E-state index is 12.9. The van der Waals surface area contributed by atoms with E-state index in [1.165, 1.54) is 0 Å². The molecule has 26 heavy (non-hydrogen) atoms. The second-order valence-electron chi connectivity index (χ2n) is 7.28. The van der Waals surface area contributed by atoms with Crippen LogP contribution in [0.3, 0.4) is 0 Å². The topological polar surface area (TPSA) is 86.9 Å². The van der Waals surface area contributed by atoms with Crippen LogP contribution in [0.2, 0.25) is 0 Å². The zero-order valence-electron chi connectivity index (χ0n) is 14.6. The summed E-state index contributed by atoms with van der Waals surface area (Å²) in [5, 5.41) is 11.1. The molecule has 2 aliphatic carbocycles. The van der Waals surface area contributed by atoms with Gasteiger partial charge in [0.2, 0.25) is 5.91 Å². The smallest absolute Gasteiger partial charge is 0.352 e. The highest BCUT2D eigenvalue weighted by Gasteiger charge is 2.52. The van der Waals surface area contributed by atoms with Crippen molar-refractivity contribution in [3.8, 4) is 0 Å². The lowest BCUT2D eigenvalue weighted by Gasteiger charge is -2.45. The predicted octanol–water partition coefficient (Wildman–Crippen LogP) is 2.63. The zero-order chi connectivity index (χ0) is 18.9. The van der Waals surface area contributed by atoms with E-state index in [4.69, 9.17) is 0 Å². The molecule has 2 atom stereocenters. The number of nitrogens with one attached hydrogen (secondary N) is 3. The van der Waals surface area contributed by atoms with Gasteiger partial charge in [0.25, 0.3) is 5.91 Å². The van der Waals surface area contributed by atoms with Crippen LogP contribution < -0.4 is 10.6 Å². The Kier molecular flexibility index (Phi) is 4.98. The monoisotopic (exact) mass is 372 g/mol. The molecule has 144 valence electrons. The van der Waals surface area contributed by atoms with E-state index in [1.54, 1.807) is 6.92 Å². The maximum Gasteiger partial charge on any atom is 0.420 e. The zero-order valence-corrected chi connectivity index (χ0v) is 14.6. The molecular formula is C17H23F3N4O2.